The Hall–Kier alpha value is -1.32. The molecule has 3 nitrogen and oxygen atoms in total. The smallest absolute Gasteiger partial charge is 0.126 e. The van der Waals surface area contributed by atoms with Gasteiger partial charge >= 0.3 is 0 Å². The zero-order chi connectivity index (χ0) is 11.9. The molecule has 92 valence electrons. The third kappa shape index (κ3) is 3.32. The summed E-state index contributed by atoms with van der Waals surface area (Å²) in [5, 5.41) is 3.32. The van der Waals surface area contributed by atoms with Gasteiger partial charge in [0.05, 0.1) is 6.61 Å². The van der Waals surface area contributed by atoms with Crippen LogP contribution in [0.2, 0.25) is 0 Å². The van der Waals surface area contributed by atoms with E-state index in [9.17, 15) is 0 Å². The summed E-state index contributed by atoms with van der Waals surface area (Å²) in [6, 6.07) is 8.21. The van der Waals surface area contributed by atoms with Gasteiger partial charge in [0.15, 0.2) is 0 Å². The first kappa shape index (κ1) is 12.1. The van der Waals surface area contributed by atoms with Crippen LogP contribution in [0.3, 0.4) is 0 Å². The van der Waals surface area contributed by atoms with Crippen molar-refractivity contribution in [3.63, 3.8) is 0 Å². The van der Waals surface area contributed by atoms with Crippen LogP contribution < -0.4 is 10.1 Å². The van der Waals surface area contributed by atoms with Crippen LogP contribution in [0, 0.1) is 0 Å². The van der Waals surface area contributed by atoms with Crippen LogP contribution >= 0.6 is 0 Å². The van der Waals surface area contributed by atoms with E-state index in [4.69, 9.17) is 9.47 Å². The molecule has 17 heavy (non-hydrogen) atoms. The highest BCUT2D eigenvalue weighted by molar-refractivity contribution is 5.71. The zero-order valence-electron chi connectivity index (χ0n) is 10.2. The molecular formula is C14H19NO2. The average molecular weight is 233 g/mol. The first-order valence-corrected chi connectivity index (χ1v) is 6.02. The summed E-state index contributed by atoms with van der Waals surface area (Å²) < 4.78 is 10.7. The van der Waals surface area contributed by atoms with Crippen molar-refractivity contribution in [1.82, 2.24) is 5.32 Å². The quantitative estimate of drug-likeness (QED) is 0.790. The first-order valence-electron chi connectivity index (χ1n) is 6.02. The summed E-state index contributed by atoms with van der Waals surface area (Å²) in [5.41, 5.74) is 2.59. The molecule has 0 spiro atoms. The van der Waals surface area contributed by atoms with Gasteiger partial charge < -0.3 is 14.8 Å². The molecule has 0 aromatic heterocycles. The van der Waals surface area contributed by atoms with Gasteiger partial charge in [-0.25, -0.2) is 0 Å². The predicted molar refractivity (Wildman–Crippen MR) is 69.3 cm³/mol. The van der Waals surface area contributed by atoms with Gasteiger partial charge in [0.1, 0.15) is 12.4 Å². The Kier molecular flexibility index (Phi) is 4.59. The number of para-hydroxylation sites is 1. The Morgan fingerprint density at radius 2 is 2.12 bits per heavy atom. The average Bonchev–Trinajstić information content (AvgIpc) is 2.41. The van der Waals surface area contributed by atoms with Crippen molar-refractivity contribution < 1.29 is 9.47 Å². The second-order valence-electron chi connectivity index (χ2n) is 4.02. The van der Waals surface area contributed by atoms with E-state index in [1.807, 2.05) is 12.1 Å². The third-order valence-corrected chi connectivity index (χ3v) is 2.84. The van der Waals surface area contributed by atoms with E-state index >= 15 is 0 Å². The van der Waals surface area contributed by atoms with E-state index < -0.39 is 0 Å². The van der Waals surface area contributed by atoms with Gasteiger partial charge in [0.25, 0.3) is 0 Å². The Morgan fingerprint density at radius 1 is 1.24 bits per heavy atom. The molecule has 0 saturated carbocycles. The minimum absolute atomic E-state index is 0.596. The standard InChI is InChI=1S/C14H19NO2/c1-16-10-11-17-14-5-3-2-4-13(14)12-6-8-15-9-7-12/h2-6,15H,7-11H2,1H3. The normalized spacial score (nSPS) is 15.5. The number of benzene rings is 1. The number of methoxy groups -OCH3 is 1. The minimum atomic E-state index is 0.596. The number of ether oxygens (including phenoxy) is 2. The Bertz CT molecular complexity index is 388. The molecule has 1 aliphatic rings. The van der Waals surface area contributed by atoms with Crippen molar-refractivity contribution in [3.8, 4) is 5.75 Å². The van der Waals surface area contributed by atoms with Gasteiger partial charge in [-0.05, 0) is 24.6 Å². The van der Waals surface area contributed by atoms with Crippen LogP contribution in [0.4, 0.5) is 0 Å². The predicted octanol–water partition coefficient (Wildman–Crippen LogP) is 2.09. The van der Waals surface area contributed by atoms with Crippen molar-refractivity contribution in [2.75, 3.05) is 33.4 Å². The van der Waals surface area contributed by atoms with Crippen LogP contribution in [-0.4, -0.2) is 33.4 Å². The van der Waals surface area contributed by atoms with Crippen LogP contribution in [0.5, 0.6) is 5.75 Å². The highest BCUT2D eigenvalue weighted by Crippen LogP contribution is 2.28. The van der Waals surface area contributed by atoms with Crippen molar-refractivity contribution in [2.45, 2.75) is 6.42 Å². The molecule has 0 radical (unpaired) electrons. The van der Waals surface area contributed by atoms with E-state index in [-0.39, 0.29) is 0 Å². The molecule has 1 aromatic carbocycles. The number of hydrogen-bond acceptors (Lipinski definition) is 3. The maximum absolute atomic E-state index is 5.74. The molecule has 1 N–H and O–H groups in total. The molecule has 0 atom stereocenters. The molecule has 0 fully saturated rings. The fraction of sp³-hybridized carbons (Fsp3) is 0.429. The summed E-state index contributed by atoms with van der Waals surface area (Å²) in [6.07, 6.45) is 3.30. The molecule has 0 unspecified atom stereocenters. The summed E-state index contributed by atoms with van der Waals surface area (Å²) in [7, 11) is 1.69. The largest absolute Gasteiger partial charge is 0.491 e. The highest BCUT2D eigenvalue weighted by atomic mass is 16.5. The van der Waals surface area contributed by atoms with Gasteiger partial charge in [-0.3, -0.25) is 0 Å². The van der Waals surface area contributed by atoms with Gasteiger partial charge in [-0.1, -0.05) is 24.3 Å². The molecule has 1 aliphatic heterocycles. The van der Waals surface area contributed by atoms with E-state index in [1.54, 1.807) is 7.11 Å². The van der Waals surface area contributed by atoms with Crippen molar-refractivity contribution >= 4 is 5.57 Å². The van der Waals surface area contributed by atoms with E-state index in [1.165, 1.54) is 11.1 Å². The van der Waals surface area contributed by atoms with E-state index in [0.717, 1.165) is 25.3 Å². The second-order valence-corrected chi connectivity index (χ2v) is 4.02. The van der Waals surface area contributed by atoms with Crippen LogP contribution in [-0.2, 0) is 4.74 Å². The van der Waals surface area contributed by atoms with Gasteiger partial charge in [0.2, 0.25) is 0 Å². The minimum Gasteiger partial charge on any atom is -0.491 e. The molecule has 0 aliphatic carbocycles. The topological polar surface area (TPSA) is 30.5 Å². The van der Waals surface area contributed by atoms with Crippen LogP contribution in [0.1, 0.15) is 12.0 Å². The van der Waals surface area contributed by atoms with Crippen LogP contribution in [0.25, 0.3) is 5.57 Å². The lowest BCUT2D eigenvalue weighted by molar-refractivity contribution is 0.146. The molecule has 1 aromatic rings. The SMILES string of the molecule is COCCOc1ccccc1C1=CCNCC1. The molecule has 1 heterocycles. The van der Waals surface area contributed by atoms with E-state index in [2.05, 4.69) is 23.5 Å². The molecule has 0 bridgehead atoms. The lowest BCUT2D eigenvalue weighted by Gasteiger charge is -2.17. The zero-order valence-corrected chi connectivity index (χ0v) is 10.2. The fourth-order valence-corrected chi connectivity index (χ4v) is 1.96. The third-order valence-electron chi connectivity index (χ3n) is 2.84. The Labute approximate surface area is 102 Å². The summed E-state index contributed by atoms with van der Waals surface area (Å²) in [5.74, 6) is 0.956. The molecule has 0 saturated heterocycles. The van der Waals surface area contributed by atoms with Crippen molar-refractivity contribution in [1.29, 1.82) is 0 Å². The van der Waals surface area contributed by atoms with Crippen LogP contribution in [0.15, 0.2) is 30.3 Å². The summed E-state index contributed by atoms with van der Waals surface area (Å²) >= 11 is 0. The van der Waals surface area contributed by atoms with Crippen molar-refractivity contribution in [3.05, 3.63) is 35.9 Å². The Morgan fingerprint density at radius 3 is 2.88 bits per heavy atom. The molecular weight excluding hydrogens is 214 g/mol. The molecule has 0 amide bonds. The lowest BCUT2D eigenvalue weighted by Crippen LogP contribution is -2.20. The van der Waals surface area contributed by atoms with Gasteiger partial charge in [-0.15, -0.1) is 0 Å². The second kappa shape index (κ2) is 6.42. The number of hydrogen-bond donors (Lipinski definition) is 1. The number of rotatable bonds is 5. The molecule has 2 rings (SSSR count). The highest BCUT2D eigenvalue weighted by Gasteiger charge is 2.10. The first-order chi connectivity index (χ1) is 8.42. The van der Waals surface area contributed by atoms with E-state index in [0.29, 0.717) is 13.2 Å². The lowest BCUT2D eigenvalue weighted by atomic mass is 9.99. The monoisotopic (exact) mass is 233 g/mol. The van der Waals surface area contributed by atoms with Gasteiger partial charge in [-0.2, -0.15) is 0 Å². The fourth-order valence-electron chi connectivity index (χ4n) is 1.96. The number of nitrogens with one attached hydrogen (secondary N) is 1. The van der Waals surface area contributed by atoms with Gasteiger partial charge in [0, 0.05) is 19.2 Å². The maximum Gasteiger partial charge on any atom is 0.126 e. The summed E-state index contributed by atoms with van der Waals surface area (Å²) in [6.45, 7) is 3.20. The Balaban J connectivity index is 2.12. The van der Waals surface area contributed by atoms with Crippen molar-refractivity contribution in [2.24, 2.45) is 0 Å². The maximum atomic E-state index is 5.74. The molecule has 3 heteroatoms. The summed E-state index contributed by atoms with van der Waals surface area (Å²) in [4.78, 5) is 0.